The Kier molecular flexibility index (Phi) is 6.98. The summed E-state index contributed by atoms with van der Waals surface area (Å²) < 4.78 is 0. The van der Waals surface area contributed by atoms with Gasteiger partial charge in [0.1, 0.15) is 0 Å². The van der Waals surface area contributed by atoms with Gasteiger partial charge in [-0.3, -0.25) is 9.69 Å². The van der Waals surface area contributed by atoms with Crippen LogP contribution in [-0.4, -0.2) is 95.2 Å². The standard InChI is InChI=1S/C19H33N5O4/c1-2-22(13-17(25)26)16-10-15(11-16)21-18(27)20-14-6-5-9-24(12-14)19(28)23-7-3-4-8-23/h14-16H,2-13H2,1H3,(H,25,26)(H2,20,21,27). The fourth-order valence-electron chi connectivity index (χ4n) is 4.47. The minimum atomic E-state index is -0.818. The van der Waals surface area contributed by atoms with E-state index in [1.807, 2.05) is 21.6 Å². The predicted octanol–water partition coefficient (Wildman–Crippen LogP) is 0.903. The average Bonchev–Trinajstić information content (AvgIpc) is 3.17. The van der Waals surface area contributed by atoms with E-state index in [4.69, 9.17) is 5.11 Å². The van der Waals surface area contributed by atoms with E-state index >= 15 is 0 Å². The number of carbonyl (C=O) groups is 3. The molecule has 2 saturated heterocycles. The molecule has 2 heterocycles. The molecular weight excluding hydrogens is 362 g/mol. The van der Waals surface area contributed by atoms with Crippen molar-refractivity contribution in [2.75, 3.05) is 39.3 Å². The molecule has 1 saturated carbocycles. The number of hydrogen-bond acceptors (Lipinski definition) is 4. The minimum absolute atomic E-state index is 0.0182. The Morgan fingerprint density at radius 3 is 2.29 bits per heavy atom. The highest BCUT2D eigenvalue weighted by Crippen LogP contribution is 2.25. The molecular formula is C19H33N5O4. The number of aliphatic carboxylic acids is 1. The summed E-state index contributed by atoms with van der Waals surface area (Å²) in [7, 11) is 0. The lowest BCUT2D eigenvalue weighted by atomic mass is 9.85. The maximum atomic E-state index is 12.5. The lowest BCUT2D eigenvalue weighted by Gasteiger charge is -2.42. The molecule has 3 rings (SSSR count). The molecule has 1 aliphatic carbocycles. The summed E-state index contributed by atoms with van der Waals surface area (Å²) in [6.07, 6.45) is 5.49. The van der Waals surface area contributed by atoms with Crippen LogP contribution in [0.15, 0.2) is 0 Å². The smallest absolute Gasteiger partial charge is 0.320 e. The monoisotopic (exact) mass is 395 g/mol. The van der Waals surface area contributed by atoms with Crippen LogP contribution in [0.2, 0.25) is 0 Å². The zero-order valence-corrected chi connectivity index (χ0v) is 16.7. The van der Waals surface area contributed by atoms with Gasteiger partial charge in [-0.2, -0.15) is 0 Å². The third-order valence-corrected chi connectivity index (χ3v) is 6.11. The van der Waals surface area contributed by atoms with E-state index in [9.17, 15) is 14.4 Å². The molecule has 0 radical (unpaired) electrons. The highest BCUT2D eigenvalue weighted by Gasteiger charge is 2.35. The summed E-state index contributed by atoms with van der Waals surface area (Å²) in [6.45, 7) is 5.70. The second-order valence-corrected chi connectivity index (χ2v) is 8.16. The van der Waals surface area contributed by atoms with Gasteiger partial charge in [0.2, 0.25) is 0 Å². The highest BCUT2D eigenvalue weighted by molar-refractivity contribution is 5.76. The molecule has 4 amide bonds. The zero-order valence-electron chi connectivity index (χ0n) is 16.7. The molecule has 9 heteroatoms. The first-order valence-electron chi connectivity index (χ1n) is 10.5. The Labute approximate surface area is 166 Å². The summed E-state index contributed by atoms with van der Waals surface area (Å²) in [5.41, 5.74) is 0. The molecule has 0 aromatic rings. The van der Waals surface area contributed by atoms with Gasteiger partial charge >= 0.3 is 18.0 Å². The number of likely N-dealkylation sites (N-methyl/N-ethyl adjacent to an activating group) is 1. The predicted molar refractivity (Wildman–Crippen MR) is 104 cm³/mol. The van der Waals surface area contributed by atoms with E-state index in [2.05, 4.69) is 10.6 Å². The zero-order chi connectivity index (χ0) is 20.1. The molecule has 0 spiro atoms. The fourth-order valence-corrected chi connectivity index (χ4v) is 4.47. The molecule has 3 fully saturated rings. The number of nitrogens with zero attached hydrogens (tertiary/aromatic N) is 3. The Bertz CT molecular complexity index is 575. The first kappa shape index (κ1) is 20.7. The number of urea groups is 2. The van der Waals surface area contributed by atoms with Crippen molar-refractivity contribution in [2.45, 2.75) is 63.6 Å². The lowest BCUT2D eigenvalue weighted by molar-refractivity contribution is -0.139. The summed E-state index contributed by atoms with van der Waals surface area (Å²) in [5.74, 6) is -0.818. The molecule has 3 N–H and O–H groups in total. The molecule has 3 aliphatic rings. The van der Waals surface area contributed by atoms with E-state index in [0.717, 1.165) is 58.2 Å². The van der Waals surface area contributed by atoms with Gasteiger partial charge in [0.25, 0.3) is 0 Å². The molecule has 28 heavy (non-hydrogen) atoms. The average molecular weight is 396 g/mol. The van der Waals surface area contributed by atoms with E-state index in [1.165, 1.54) is 0 Å². The number of amides is 4. The summed E-state index contributed by atoms with van der Waals surface area (Å²) in [6, 6.07) is 0.193. The molecule has 0 bridgehead atoms. The van der Waals surface area contributed by atoms with Crippen molar-refractivity contribution in [1.82, 2.24) is 25.3 Å². The molecule has 2 aliphatic heterocycles. The number of hydrogen-bond donors (Lipinski definition) is 3. The van der Waals surface area contributed by atoms with Gasteiger partial charge in [-0.05, 0) is 45.1 Å². The van der Waals surface area contributed by atoms with Gasteiger partial charge in [0, 0.05) is 44.3 Å². The number of piperidine rings is 1. The maximum Gasteiger partial charge on any atom is 0.320 e. The second-order valence-electron chi connectivity index (χ2n) is 8.16. The quantitative estimate of drug-likeness (QED) is 0.620. The van der Waals surface area contributed by atoms with Gasteiger partial charge in [-0.15, -0.1) is 0 Å². The van der Waals surface area contributed by atoms with Crippen LogP contribution in [0.1, 0.15) is 45.4 Å². The Morgan fingerprint density at radius 1 is 1.00 bits per heavy atom. The minimum Gasteiger partial charge on any atom is -0.480 e. The van der Waals surface area contributed by atoms with Gasteiger partial charge in [0.05, 0.1) is 6.54 Å². The number of nitrogens with one attached hydrogen (secondary N) is 2. The van der Waals surface area contributed by atoms with Crippen LogP contribution in [-0.2, 0) is 4.79 Å². The first-order chi connectivity index (χ1) is 13.5. The van der Waals surface area contributed by atoms with Crippen LogP contribution in [0.3, 0.4) is 0 Å². The third-order valence-electron chi connectivity index (χ3n) is 6.11. The van der Waals surface area contributed by atoms with Crippen molar-refractivity contribution in [2.24, 2.45) is 0 Å². The number of carboxylic acid groups (broad SMARTS) is 1. The van der Waals surface area contributed by atoms with Crippen molar-refractivity contribution in [3.8, 4) is 0 Å². The van der Waals surface area contributed by atoms with E-state index in [0.29, 0.717) is 13.1 Å². The van der Waals surface area contributed by atoms with Crippen LogP contribution >= 0.6 is 0 Å². The van der Waals surface area contributed by atoms with Crippen LogP contribution in [0.4, 0.5) is 9.59 Å². The summed E-state index contributed by atoms with van der Waals surface area (Å²) in [4.78, 5) is 41.5. The molecule has 1 unspecified atom stereocenters. The van der Waals surface area contributed by atoms with Gasteiger partial charge < -0.3 is 25.5 Å². The molecule has 0 aromatic heterocycles. The third kappa shape index (κ3) is 5.27. The highest BCUT2D eigenvalue weighted by atomic mass is 16.4. The van der Waals surface area contributed by atoms with Crippen LogP contribution < -0.4 is 10.6 Å². The Balaban J connectivity index is 1.38. The number of carboxylic acids is 1. The SMILES string of the molecule is CCN(CC(=O)O)C1CC(NC(=O)NC2CCCN(C(=O)N3CCCC3)C2)C1. The normalized spacial score (nSPS) is 27.4. The molecule has 1 atom stereocenters. The second kappa shape index (κ2) is 9.45. The lowest BCUT2D eigenvalue weighted by Crippen LogP contribution is -2.59. The van der Waals surface area contributed by atoms with Crippen molar-refractivity contribution < 1.29 is 19.5 Å². The van der Waals surface area contributed by atoms with Gasteiger partial charge in [0.15, 0.2) is 0 Å². The maximum absolute atomic E-state index is 12.5. The van der Waals surface area contributed by atoms with Crippen molar-refractivity contribution >= 4 is 18.0 Å². The summed E-state index contributed by atoms with van der Waals surface area (Å²) in [5, 5.41) is 15.0. The molecule has 158 valence electrons. The van der Waals surface area contributed by atoms with Gasteiger partial charge in [-0.1, -0.05) is 6.92 Å². The topological polar surface area (TPSA) is 105 Å². The van der Waals surface area contributed by atoms with Crippen molar-refractivity contribution in [3.63, 3.8) is 0 Å². The van der Waals surface area contributed by atoms with E-state index in [-0.39, 0.29) is 36.7 Å². The van der Waals surface area contributed by atoms with Crippen LogP contribution in [0, 0.1) is 0 Å². The Hall–Kier alpha value is -2.03. The number of rotatable bonds is 6. The van der Waals surface area contributed by atoms with Crippen LogP contribution in [0.25, 0.3) is 0 Å². The van der Waals surface area contributed by atoms with Crippen LogP contribution in [0.5, 0.6) is 0 Å². The van der Waals surface area contributed by atoms with Gasteiger partial charge in [-0.25, -0.2) is 9.59 Å². The van der Waals surface area contributed by atoms with E-state index < -0.39 is 5.97 Å². The Morgan fingerprint density at radius 2 is 1.64 bits per heavy atom. The van der Waals surface area contributed by atoms with Crippen molar-refractivity contribution in [3.05, 3.63) is 0 Å². The first-order valence-corrected chi connectivity index (χ1v) is 10.5. The molecule has 0 aromatic carbocycles. The van der Waals surface area contributed by atoms with Crippen molar-refractivity contribution in [1.29, 1.82) is 0 Å². The van der Waals surface area contributed by atoms with E-state index in [1.54, 1.807) is 0 Å². The summed E-state index contributed by atoms with van der Waals surface area (Å²) >= 11 is 0. The molecule has 9 nitrogen and oxygen atoms in total. The number of carbonyl (C=O) groups excluding carboxylic acids is 2. The largest absolute Gasteiger partial charge is 0.480 e. The number of likely N-dealkylation sites (tertiary alicyclic amines) is 2. The fraction of sp³-hybridized carbons (Fsp3) is 0.842.